The molecule has 2 amide bonds. The van der Waals surface area contributed by atoms with Gasteiger partial charge >= 0.3 is 0 Å². The Bertz CT molecular complexity index is 1070. The fourth-order valence-electron chi connectivity index (χ4n) is 3.08. The quantitative estimate of drug-likeness (QED) is 0.578. The number of benzene rings is 2. The molecule has 158 valence electrons. The summed E-state index contributed by atoms with van der Waals surface area (Å²) in [5.74, 6) is 0.224. The van der Waals surface area contributed by atoms with Crippen LogP contribution in [0.4, 0.5) is 0 Å². The van der Waals surface area contributed by atoms with Gasteiger partial charge in [0.1, 0.15) is 5.58 Å². The van der Waals surface area contributed by atoms with Gasteiger partial charge in [0, 0.05) is 16.5 Å². The van der Waals surface area contributed by atoms with Crippen molar-refractivity contribution in [2.24, 2.45) is 0 Å². The predicted octanol–water partition coefficient (Wildman–Crippen LogP) is 3.85. The van der Waals surface area contributed by atoms with Gasteiger partial charge in [-0.05, 0) is 49.6 Å². The van der Waals surface area contributed by atoms with E-state index in [9.17, 15) is 9.59 Å². The van der Waals surface area contributed by atoms with E-state index in [1.807, 2.05) is 32.9 Å². The molecule has 3 rings (SSSR count). The van der Waals surface area contributed by atoms with Crippen LogP contribution in [0.5, 0.6) is 11.5 Å². The lowest BCUT2D eigenvalue weighted by Gasteiger charge is -2.12. The van der Waals surface area contributed by atoms with Gasteiger partial charge in [-0.15, -0.1) is 0 Å². The van der Waals surface area contributed by atoms with Crippen LogP contribution in [-0.4, -0.2) is 25.5 Å². The second-order valence-corrected chi connectivity index (χ2v) is 7.04. The van der Waals surface area contributed by atoms with E-state index in [-0.39, 0.29) is 12.3 Å². The molecule has 0 fully saturated rings. The topological polar surface area (TPSA) is 89.8 Å². The molecule has 30 heavy (non-hydrogen) atoms. The summed E-state index contributed by atoms with van der Waals surface area (Å²) in [7, 11) is 1.51. The number of carbonyl (C=O) groups is 2. The minimum Gasteiger partial charge on any atom is -0.493 e. The number of nitrogens with one attached hydrogen (secondary N) is 2. The second-order valence-electron chi connectivity index (χ2n) is 7.04. The maximum atomic E-state index is 12.4. The van der Waals surface area contributed by atoms with E-state index in [1.165, 1.54) is 7.11 Å². The fourth-order valence-corrected chi connectivity index (χ4v) is 3.08. The Hall–Kier alpha value is -3.48. The minimum atomic E-state index is -0.452. The third kappa shape index (κ3) is 4.56. The van der Waals surface area contributed by atoms with Gasteiger partial charge in [0.05, 0.1) is 26.4 Å². The van der Waals surface area contributed by atoms with Crippen molar-refractivity contribution < 1.29 is 23.5 Å². The Morgan fingerprint density at radius 2 is 1.87 bits per heavy atom. The number of methoxy groups -OCH3 is 1. The van der Waals surface area contributed by atoms with Crippen molar-refractivity contribution in [1.29, 1.82) is 0 Å². The van der Waals surface area contributed by atoms with Crippen molar-refractivity contribution in [3.63, 3.8) is 0 Å². The van der Waals surface area contributed by atoms with E-state index in [0.717, 1.165) is 34.1 Å². The van der Waals surface area contributed by atoms with Crippen LogP contribution < -0.4 is 20.3 Å². The Morgan fingerprint density at radius 3 is 2.60 bits per heavy atom. The number of furan rings is 1. The highest BCUT2D eigenvalue weighted by atomic mass is 16.5. The number of amides is 2. The number of rotatable bonds is 7. The van der Waals surface area contributed by atoms with Gasteiger partial charge in [-0.2, -0.15) is 0 Å². The highest BCUT2D eigenvalue weighted by molar-refractivity contribution is 5.96. The van der Waals surface area contributed by atoms with Crippen LogP contribution in [0, 0.1) is 13.8 Å². The molecule has 3 aromatic rings. The molecule has 0 aliphatic carbocycles. The van der Waals surface area contributed by atoms with Crippen LogP contribution in [0.15, 0.2) is 41.0 Å². The Labute approximate surface area is 175 Å². The van der Waals surface area contributed by atoms with E-state index < -0.39 is 5.91 Å². The molecule has 0 saturated heterocycles. The molecule has 0 spiro atoms. The Kier molecular flexibility index (Phi) is 6.61. The summed E-state index contributed by atoms with van der Waals surface area (Å²) in [6, 6.07) is 8.80. The Morgan fingerprint density at radius 1 is 1.07 bits per heavy atom. The van der Waals surface area contributed by atoms with E-state index >= 15 is 0 Å². The molecular weight excluding hydrogens is 384 g/mol. The summed E-state index contributed by atoms with van der Waals surface area (Å²) in [5.41, 5.74) is 8.93. The summed E-state index contributed by atoms with van der Waals surface area (Å²) in [6.07, 6.45) is 2.53. The second kappa shape index (κ2) is 9.35. The van der Waals surface area contributed by atoms with Crippen LogP contribution in [0.3, 0.4) is 0 Å². The molecule has 0 unspecified atom stereocenters. The van der Waals surface area contributed by atoms with Gasteiger partial charge < -0.3 is 13.9 Å². The molecule has 7 nitrogen and oxygen atoms in total. The van der Waals surface area contributed by atoms with Gasteiger partial charge in [-0.3, -0.25) is 20.4 Å². The maximum Gasteiger partial charge on any atom is 0.269 e. The van der Waals surface area contributed by atoms with E-state index in [1.54, 1.807) is 24.5 Å². The summed E-state index contributed by atoms with van der Waals surface area (Å²) >= 11 is 0. The van der Waals surface area contributed by atoms with Crippen molar-refractivity contribution >= 4 is 22.8 Å². The molecule has 2 aromatic carbocycles. The highest BCUT2D eigenvalue weighted by Crippen LogP contribution is 2.28. The molecular formula is C23H26N2O5. The lowest BCUT2D eigenvalue weighted by Crippen LogP contribution is -2.42. The lowest BCUT2D eigenvalue weighted by molar-refractivity contribution is -0.121. The number of carbonyl (C=O) groups excluding carboxylic acids is 2. The Balaban J connectivity index is 1.62. The summed E-state index contributed by atoms with van der Waals surface area (Å²) in [4.78, 5) is 24.7. The number of hydrazine groups is 1. The van der Waals surface area contributed by atoms with E-state index in [0.29, 0.717) is 23.7 Å². The van der Waals surface area contributed by atoms with Crippen LogP contribution >= 0.6 is 0 Å². The number of hydrogen-bond acceptors (Lipinski definition) is 5. The maximum absolute atomic E-state index is 12.4. The highest BCUT2D eigenvalue weighted by Gasteiger charge is 2.15. The summed E-state index contributed by atoms with van der Waals surface area (Å²) in [5, 5.41) is 0.895. The zero-order valence-electron chi connectivity index (χ0n) is 17.6. The third-order valence-corrected chi connectivity index (χ3v) is 4.90. The number of fused-ring (bicyclic) bond motifs is 1. The first-order chi connectivity index (χ1) is 14.4. The van der Waals surface area contributed by atoms with Crippen molar-refractivity contribution in [2.45, 2.75) is 33.6 Å². The van der Waals surface area contributed by atoms with Crippen molar-refractivity contribution in [3.05, 3.63) is 58.8 Å². The molecule has 1 aromatic heterocycles. The first-order valence-corrected chi connectivity index (χ1v) is 9.80. The standard InChI is InChI=1S/C23H26N2O5/c1-5-10-29-19-9-7-16(11-20(19)28-4)23(27)25-24-21(26)12-17-13-30-22-15(3)14(2)6-8-18(17)22/h6-9,11,13H,5,10,12H2,1-4H3,(H,24,26)(H,25,27). The van der Waals surface area contributed by atoms with Crippen LogP contribution in [0.2, 0.25) is 0 Å². The molecule has 0 atom stereocenters. The first kappa shape index (κ1) is 21.2. The third-order valence-electron chi connectivity index (χ3n) is 4.90. The monoisotopic (exact) mass is 410 g/mol. The van der Waals surface area contributed by atoms with E-state index in [4.69, 9.17) is 13.9 Å². The molecule has 0 bridgehead atoms. The zero-order valence-corrected chi connectivity index (χ0v) is 17.6. The van der Waals surface area contributed by atoms with Gasteiger partial charge in [0.2, 0.25) is 5.91 Å². The lowest BCUT2D eigenvalue weighted by atomic mass is 10.0. The SMILES string of the molecule is CCCOc1ccc(C(=O)NNC(=O)Cc2coc3c(C)c(C)ccc23)cc1OC. The average Bonchev–Trinajstić information content (AvgIpc) is 3.16. The van der Waals surface area contributed by atoms with Crippen LogP contribution in [0.25, 0.3) is 11.0 Å². The first-order valence-electron chi connectivity index (χ1n) is 9.80. The molecule has 2 N–H and O–H groups in total. The van der Waals surface area contributed by atoms with Crippen LogP contribution in [-0.2, 0) is 11.2 Å². The smallest absolute Gasteiger partial charge is 0.269 e. The van der Waals surface area contributed by atoms with Crippen molar-refractivity contribution in [1.82, 2.24) is 10.9 Å². The largest absolute Gasteiger partial charge is 0.493 e. The molecule has 7 heteroatoms. The fraction of sp³-hybridized carbons (Fsp3) is 0.304. The number of hydrogen-bond donors (Lipinski definition) is 2. The summed E-state index contributed by atoms with van der Waals surface area (Å²) in [6.45, 7) is 6.56. The molecule has 0 aliphatic heterocycles. The molecule has 0 saturated carbocycles. The number of aryl methyl sites for hydroxylation is 2. The van der Waals surface area contributed by atoms with Gasteiger partial charge in [-0.1, -0.05) is 19.1 Å². The van der Waals surface area contributed by atoms with Crippen LogP contribution in [0.1, 0.15) is 40.4 Å². The molecule has 1 heterocycles. The van der Waals surface area contributed by atoms with Crippen molar-refractivity contribution in [3.8, 4) is 11.5 Å². The molecule has 0 radical (unpaired) electrons. The normalized spacial score (nSPS) is 10.7. The number of ether oxygens (including phenoxy) is 2. The summed E-state index contributed by atoms with van der Waals surface area (Å²) < 4.78 is 16.5. The average molecular weight is 410 g/mol. The van der Waals surface area contributed by atoms with E-state index in [2.05, 4.69) is 10.9 Å². The predicted molar refractivity (Wildman–Crippen MR) is 114 cm³/mol. The van der Waals surface area contributed by atoms with Gasteiger partial charge in [0.25, 0.3) is 5.91 Å². The van der Waals surface area contributed by atoms with Gasteiger partial charge in [-0.25, -0.2) is 0 Å². The zero-order chi connectivity index (χ0) is 21.7. The van der Waals surface area contributed by atoms with Crippen molar-refractivity contribution in [2.75, 3.05) is 13.7 Å². The van der Waals surface area contributed by atoms with Gasteiger partial charge in [0.15, 0.2) is 11.5 Å². The molecule has 0 aliphatic rings. The minimum absolute atomic E-state index is 0.0862.